The summed E-state index contributed by atoms with van der Waals surface area (Å²) in [5, 5.41) is 15.0. The van der Waals surface area contributed by atoms with Crippen molar-refractivity contribution in [1.82, 2.24) is 10.3 Å². The lowest BCUT2D eigenvalue weighted by molar-refractivity contribution is 0.169. The summed E-state index contributed by atoms with van der Waals surface area (Å²) in [5.74, 6) is 0. The van der Waals surface area contributed by atoms with Gasteiger partial charge < -0.3 is 10.4 Å². The zero-order chi connectivity index (χ0) is 14.8. The van der Waals surface area contributed by atoms with Gasteiger partial charge in [0.05, 0.1) is 6.10 Å². The lowest BCUT2D eigenvalue weighted by Gasteiger charge is -2.18. The zero-order valence-corrected chi connectivity index (χ0v) is 12.9. The van der Waals surface area contributed by atoms with Gasteiger partial charge in [-0.15, -0.1) is 0 Å². The van der Waals surface area contributed by atoms with Gasteiger partial charge in [-0.25, -0.2) is 0 Å². The van der Waals surface area contributed by atoms with Crippen molar-refractivity contribution in [3.63, 3.8) is 0 Å². The minimum absolute atomic E-state index is 0.188. The Morgan fingerprint density at radius 2 is 2.05 bits per heavy atom. The highest BCUT2D eigenvalue weighted by Gasteiger charge is 2.25. The zero-order valence-electron chi connectivity index (χ0n) is 11.4. The number of hydrogen-bond donors (Lipinski definition) is 2. The molecule has 3 rings (SSSR count). The molecule has 1 aliphatic carbocycles. The Bertz CT molecular complexity index is 634. The van der Waals surface area contributed by atoms with Crippen LogP contribution in [0.4, 0.5) is 0 Å². The molecule has 2 aromatic rings. The van der Waals surface area contributed by atoms with E-state index in [0.717, 1.165) is 34.6 Å². The maximum atomic E-state index is 10.2. The fourth-order valence-corrected chi connectivity index (χ4v) is 3.42. The molecule has 3 nitrogen and oxygen atoms in total. The maximum absolute atomic E-state index is 10.2. The van der Waals surface area contributed by atoms with Crippen molar-refractivity contribution in [2.45, 2.75) is 25.0 Å². The molecule has 0 fully saturated rings. The topological polar surface area (TPSA) is 45.1 Å². The van der Waals surface area contributed by atoms with Crippen molar-refractivity contribution in [3.05, 3.63) is 63.4 Å². The standard InChI is InChI=1S/C16H16Cl2N2O/c17-11-7-13-12(14(18)8-11)1-2-15(13)20-9-16(21)10-3-5-19-6-4-10/h3-8,15-16,20-21H,1-2,9H2. The number of aromatic nitrogens is 1. The number of fused-ring (bicyclic) bond motifs is 1. The van der Waals surface area contributed by atoms with Crippen molar-refractivity contribution >= 4 is 23.2 Å². The number of aliphatic hydroxyl groups is 1. The number of rotatable bonds is 4. The van der Waals surface area contributed by atoms with Gasteiger partial charge in [0.25, 0.3) is 0 Å². The van der Waals surface area contributed by atoms with Crippen LogP contribution in [0.3, 0.4) is 0 Å². The van der Waals surface area contributed by atoms with E-state index >= 15 is 0 Å². The normalized spacial score (nSPS) is 18.5. The molecule has 2 atom stereocenters. The Labute approximate surface area is 133 Å². The number of nitrogens with one attached hydrogen (secondary N) is 1. The summed E-state index contributed by atoms with van der Waals surface area (Å²) in [6, 6.07) is 7.58. The van der Waals surface area contributed by atoms with E-state index in [4.69, 9.17) is 23.2 Å². The molecular weight excluding hydrogens is 307 g/mol. The first-order chi connectivity index (χ1) is 10.1. The van der Waals surface area contributed by atoms with Crippen LogP contribution in [0.15, 0.2) is 36.7 Å². The van der Waals surface area contributed by atoms with Crippen LogP contribution in [0.5, 0.6) is 0 Å². The lowest BCUT2D eigenvalue weighted by Crippen LogP contribution is -2.25. The van der Waals surface area contributed by atoms with E-state index in [1.165, 1.54) is 0 Å². The van der Waals surface area contributed by atoms with E-state index < -0.39 is 6.10 Å². The molecule has 110 valence electrons. The SMILES string of the molecule is OC(CNC1CCc2c(Cl)cc(Cl)cc21)c1ccncc1. The molecule has 0 saturated carbocycles. The monoisotopic (exact) mass is 322 g/mol. The molecule has 1 aromatic heterocycles. The fraction of sp³-hybridized carbons (Fsp3) is 0.312. The van der Waals surface area contributed by atoms with Crippen LogP contribution in [0.25, 0.3) is 0 Å². The van der Waals surface area contributed by atoms with Gasteiger partial charge >= 0.3 is 0 Å². The molecule has 2 unspecified atom stereocenters. The van der Waals surface area contributed by atoms with Gasteiger partial charge in [-0.2, -0.15) is 0 Å². The Hall–Kier alpha value is -1.13. The first-order valence-electron chi connectivity index (χ1n) is 6.94. The van der Waals surface area contributed by atoms with Crippen LogP contribution in [0, 0.1) is 0 Å². The highest BCUT2D eigenvalue weighted by molar-refractivity contribution is 6.35. The summed E-state index contributed by atoms with van der Waals surface area (Å²) in [7, 11) is 0. The van der Waals surface area contributed by atoms with Crippen molar-refractivity contribution < 1.29 is 5.11 Å². The Balaban J connectivity index is 1.69. The van der Waals surface area contributed by atoms with Crippen LogP contribution in [0.1, 0.15) is 35.3 Å². The first-order valence-corrected chi connectivity index (χ1v) is 7.70. The molecule has 2 N–H and O–H groups in total. The van der Waals surface area contributed by atoms with Crippen LogP contribution < -0.4 is 5.32 Å². The maximum Gasteiger partial charge on any atom is 0.0915 e. The molecule has 0 radical (unpaired) electrons. The largest absolute Gasteiger partial charge is 0.387 e. The molecular formula is C16H16Cl2N2O. The van der Waals surface area contributed by atoms with Gasteiger partial charge in [0, 0.05) is 35.0 Å². The van der Waals surface area contributed by atoms with Crippen molar-refractivity contribution in [1.29, 1.82) is 0 Å². The third-order valence-electron chi connectivity index (χ3n) is 3.90. The molecule has 21 heavy (non-hydrogen) atoms. The molecule has 0 bridgehead atoms. The molecule has 1 heterocycles. The minimum atomic E-state index is -0.549. The van der Waals surface area contributed by atoms with E-state index in [1.807, 2.05) is 18.2 Å². The number of aliphatic hydroxyl groups excluding tert-OH is 1. The van der Waals surface area contributed by atoms with E-state index in [9.17, 15) is 5.11 Å². The Morgan fingerprint density at radius 1 is 1.29 bits per heavy atom. The second-order valence-electron chi connectivity index (χ2n) is 5.25. The van der Waals surface area contributed by atoms with Gasteiger partial charge in [0.1, 0.15) is 0 Å². The summed E-state index contributed by atoms with van der Waals surface area (Å²) < 4.78 is 0. The van der Waals surface area contributed by atoms with Crippen molar-refractivity contribution in [2.24, 2.45) is 0 Å². The number of halogens is 2. The second kappa shape index (κ2) is 6.32. The van der Waals surface area contributed by atoms with Gasteiger partial charge in [-0.3, -0.25) is 4.98 Å². The Kier molecular flexibility index (Phi) is 4.45. The summed E-state index contributed by atoms with van der Waals surface area (Å²) in [5.41, 5.74) is 3.17. The predicted octanol–water partition coefficient (Wildman–Crippen LogP) is 3.70. The summed E-state index contributed by atoms with van der Waals surface area (Å²) in [6.45, 7) is 0.484. The van der Waals surface area contributed by atoms with Crippen LogP contribution >= 0.6 is 23.2 Å². The highest BCUT2D eigenvalue weighted by Crippen LogP contribution is 2.37. The number of pyridine rings is 1. The summed E-state index contributed by atoms with van der Waals surface area (Å²) in [4.78, 5) is 3.95. The molecule has 5 heteroatoms. The van der Waals surface area contributed by atoms with Crippen LogP contribution in [0.2, 0.25) is 10.0 Å². The summed E-state index contributed by atoms with van der Waals surface area (Å²) >= 11 is 12.3. The van der Waals surface area contributed by atoms with Gasteiger partial charge in [0.15, 0.2) is 0 Å². The molecule has 0 spiro atoms. The van der Waals surface area contributed by atoms with Gasteiger partial charge in [-0.1, -0.05) is 23.2 Å². The highest BCUT2D eigenvalue weighted by atomic mass is 35.5. The third-order valence-corrected chi connectivity index (χ3v) is 4.46. The first kappa shape index (κ1) is 14.8. The predicted molar refractivity (Wildman–Crippen MR) is 84.7 cm³/mol. The second-order valence-corrected chi connectivity index (χ2v) is 6.09. The van der Waals surface area contributed by atoms with Crippen LogP contribution in [-0.2, 0) is 6.42 Å². The Morgan fingerprint density at radius 3 is 2.81 bits per heavy atom. The number of benzene rings is 1. The molecule has 0 saturated heterocycles. The van der Waals surface area contributed by atoms with Crippen molar-refractivity contribution in [3.8, 4) is 0 Å². The van der Waals surface area contributed by atoms with E-state index in [2.05, 4.69) is 10.3 Å². The molecule has 0 amide bonds. The quantitative estimate of drug-likeness (QED) is 0.902. The minimum Gasteiger partial charge on any atom is -0.387 e. The van der Waals surface area contributed by atoms with E-state index in [1.54, 1.807) is 18.5 Å². The van der Waals surface area contributed by atoms with Gasteiger partial charge in [-0.05, 0) is 53.8 Å². The molecule has 0 aliphatic heterocycles. The van der Waals surface area contributed by atoms with Crippen molar-refractivity contribution in [2.75, 3.05) is 6.54 Å². The average molecular weight is 323 g/mol. The number of nitrogens with zero attached hydrogens (tertiary/aromatic N) is 1. The summed E-state index contributed by atoms with van der Waals surface area (Å²) in [6.07, 6.45) is 4.73. The molecule has 1 aromatic carbocycles. The third kappa shape index (κ3) is 3.22. The lowest BCUT2D eigenvalue weighted by atomic mass is 10.1. The average Bonchev–Trinajstić information content (AvgIpc) is 2.89. The fourth-order valence-electron chi connectivity index (χ4n) is 2.81. The van der Waals surface area contributed by atoms with Gasteiger partial charge in [0.2, 0.25) is 0 Å². The molecule has 1 aliphatic rings. The smallest absolute Gasteiger partial charge is 0.0915 e. The number of hydrogen-bond acceptors (Lipinski definition) is 3. The van der Waals surface area contributed by atoms with E-state index in [-0.39, 0.29) is 6.04 Å². The van der Waals surface area contributed by atoms with Crippen LogP contribution in [-0.4, -0.2) is 16.6 Å². The van der Waals surface area contributed by atoms with E-state index in [0.29, 0.717) is 11.6 Å².